The number of likely N-dealkylation sites (tertiary alicyclic amines) is 1. The van der Waals surface area contributed by atoms with Crippen molar-refractivity contribution in [2.75, 3.05) is 25.0 Å². The van der Waals surface area contributed by atoms with E-state index in [1.165, 1.54) is 23.5 Å². The zero-order valence-electron chi connectivity index (χ0n) is 19.1. The van der Waals surface area contributed by atoms with Crippen molar-refractivity contribution in [3.8, 4) is 0 Å². The maximum atomic E-state index is 12.7. The van der Waals surface area contributed by atoms with Crippen LogP contribution in [0.1, 0.15) is 72.4 Å². The number of amides is 2. The van der Waals surface area contributed by atoms with Crippen molar-refractivity contribution in [1.29, 1.82) is 0 Å². The summed E-state index contributed by atoms with van der Waals surface area (Å²) in [5.41, 5.74) is -0.0343. The zero-order valence-corrected chi connectivity index (χ0v) is 19.9. The topological polar surface area (TPSA) is 71.5 Å². The molecule has 0 atom stereocenters. The molecule has 0 unspecified atom stereocenters. The third kappa shape index (κ3) is 6.04. The SMILES string of the molecule is CCOC(=O)c1sc(C2CCN(C(=O)Nc3ccc(C(F)(F)F)cc3)CC2)nc1C(C)(C)C. The third-order valence-corrected chi connectivity index (χ3v) is 6.61. The fourth-order valence-electron chi connectivity index (χ4n) is 3.63. The van der Waals surface area contributed by atoms with Crippen LogP contribution in [0.25, 0.3) is 0 Å². The lowest BCUT2D eigenvalue weighted by Crippen LogP contribution is -2.40. The molecule has 33 heavy (non-hydrogen) atoms. The van der Waals surface area contributed by atoms with Crippen LogP contribution in [0.15, 0.2) is 24.3 Å². The number of halogens is 3. The lowest BCUT2D eigenvalue weighted by Gasteiger charge is -2.31. The average molecular weight is 484 g/mol. The second-order valence-corrected chi connectivity index (χ2v) is 10.00. The monoisotopic (exact) mass is 483 g/mol. The summed E-state index contributed by atoms with van der Waals surface area (Å²) in [6.07, 6.45) is -3.06. The number of piperidine rings is 1. The van der Waals surface area contributed by atoms with E-state index in [-0.39, 0.29) is 23.3 Å². The van der Waals surface area contributed by atoms with E-state index in [9.17, 15) is 22.8 Å². The number of thiazole rings is 1. The van der Waals surface area contributed by atoms with Crippen LogP contribution in [0.3, 0.4) is 0 Å². The van der Waals surface area contributed by atoms with Crippen molar-refractivity contribution in [1.82, 2.24) is 9.88 Å². The molecule has 1 N–H and O–H groups in total. The first-order chi connectivity index (χ1) is 15.4. The third-order valence-electron chi connectivity index (χ3n) is 5.41. The Labute approximate surface area is 195 Å². The van der Waals surface area contributed by atoms with Crippen molar-refractivity contribution in [2.45, 2.75) is 58.0 Å². The van der Waals surface area contributed by atoms with Gasteiger partial charge in [0.25, 0.3) is 0 Å². The predicted octanol–water partition coefficient (Wildman–Crippen LogP) is 6.05. The van der Waals surface area contributed by atoms with E-state index < -0.39 is 11.7 Å². The lowest BCUT2D eigenvalue weighted by atomic mass is 9.91. The summed E-state index contributed by atoms with van der Waals surface area (Å²) in [7, 11) is 0. The van der Waals surface area contributed by atoms with Gasteiger partial charge in [0.15, 0.2) is 0 Å². The summed E-state index contributed by atoms with van der Waals surface area (Å²) < 4.78 is 43.3. The highest BCUT2D eigenvalue weighted by molar-refractivity contribution is 7.13. The van der Waals surface area contributed by atoms with Crippen LogP contribution in [0.4, 0.5) is 23.7 Å². The molecule has 1 saturated heterocycles. The standard InChI is InChI=1S/C23H28F3N3O3S/c1-5-32-20(30)17-18(22(2,3)4)28-19(33-17)14-10-12-29(13-11-14)21(31)27-16-8-6-15(7-9-16)23(24,25)26/h6-9,14H,5,10-13H2,1-4H3,(H,27,31). The van der Waals surface area contributed by atoms with E-state index in [2.05, 4.69) is 5.32 Å². The number of aromatic nitrogens is 1. The molecule has 2 aromatic rings. The van der Waals surface area contributed by atoms with E-state index in [4.69, 9.17) is 9.72 Å². The average Bonchev–Trinajstić information content (AvgIpc) is 3.20. The second-order valence-electron chi connectivity index (χ2n) is 8.97. The molecule has 1 aliphatic heterocycles. The number of ether oxygens (including phenoxy) is 1. The Morgan fingerprint density at radius 1 is 1.15 bits per heavy atom. The van der Waals surface area contributed by atoms with Gasteiger partial charge in [0.05, 0.1) is 22.9 Å². The lowest BCUT2D eigenvalue weighted by molar-refractivity contribution is -0.137. The van der Waals surface area contributed by atoms with Crippen LogP contribution in [-0.2, 0) is 16.3 Å². The van der Waals surface area contributed by atoms with Gasteiger partial charge in [0, 0.05) is 30.1 Å². The molecular formula is C23H28F3N3O3S. The minimum absolute atomic E-state index is 0.120. The van der Waals surface area contributed by atoms with Gasteiger partial charge in [-0.2, -0.15) is 13.2 Å². The van der Waals surface area contributed by atoms with Gasteiger partial charge in [0.1, 0.15) is 4.88 Å². The molecule has 1 aromatic heterocycles. The molecule has 180 valence electrons. The first-order valence-electron chi connectivity index (χ1n) is 10.8. The van der Waals surface area contributed by atoms with Gasteiger partial charge in [-0.1, -0.05) is 20.8 Å². The molecule has 3 rings (SSSR count). The van der Waals surface area contributed by atoms with Crippen LogP contribution in [0.5, 0.6) is 0 Å². The molecule has 6 nitrogen and oxygen atoms in total. The summed E-state index contributed by atoms with van der Waals surface area (Å²) >= 11 is 1.36. The number of hydrogen-bond donors (Lipinski definition) is 1. The molecule has 0 spiro atoms. The molecule has 2 amide bonds. The molecule has 0 saturated carbocycles. The number of benzene rings is 1. The van der Waals surface area contributed by atoms with Crippen molar-refractivity contribution in [3.63, 3.8) is 0 Å². The predicted molar refractivity (Wildman–Crippen MR) is 121 cm³/mol. The largest absolute Gasteiger partial charge is 0.462 e. The first kappa shape index (κ1) is 25.0. The van der Waals surface area contributed by atoms with E-state index in [0.29, 0.717) is 43.1 Å². The van der Waals surface area contributed by atoms with Crippen molar-refractivity contribution in [3.05, 3.63) is 45.4 Å². The van der Waals surface area contributed by atoms with Gasteiger partial charge in [-0.3, -0.25) is 0 Å². The van der Waals surface area contributed by atoms with Gasteiger partial charge < -0.3 is 15.0 Å². The van der Waals surface area contributed by atoms with Crippen LogP contribution in [0.2, 0.25) is 0 Å². The van der Waals surface area contributed by atoms with Gasteiger partial charge >= 0.3 is 18.2 Å². The molecule has 1 aliphatic rings. The number of rotatable bonds is 4. The van der Waals surface area contributed by atoms with E-state index in [1.807, 2.05) is 20.8 Å². The van der Waals surface area contributed by atoms with Gasteiger partial charge in [-0.25, -0.2) is 14.6 Å². The number of alkyl halides is 3. The minimum Gasteiger partial charge on any atom is -0.462 e. The normalized spacial score (nSPS) is 15.4. The quantitative estimate of drug-likeness (QED) is 0.538. The van der Waals surface area contributed by atoms with Crippen molar-refractivity contribution >= 4 is 29.0 Å². The van der Waals surface area contributed by atoms with Gasteiger partial charge in [-0.05, 0) is 44.0 Å². The van der Waals surface area contributed by atoms with Gasteiger partial charge in [-0.15, -0.1) is 11.3 Å². The molecule has 2 heterocycles. The molecule has 0 radical (unpaired) electrons. The van der Waals surface area contributed by atoms with E-state index >= 15 is 0 Å². The number of esters is 1. The number of nitrogens with one attached hydrogen (secondary N) is 1. The number of anilines is 1. The Morgan fingerprint density at radius 2 is 1.76 bits per heavy atom. The molecule has 0 aliphatic carbocycles. The highest BCUT2D eigenvalue weighted by Crippen LogP contribution is 2.37. The minimum atomic E-state index is -4.42. The summed E-state index contributed by atoms with van der Waals surface area (Å²) in [6, 6.07) is 4.02. The maximum absolute atomic E-state index is 12.7. The number of nitrogens with zero attached hydrogens (tertiary/aromatic N) is 2. The Hall–Kier alpha value is -2.62. The summed E-state index contributed by atoms with van der Waals surface area (Å²) in [5, 5.41) is 3.52. The Morgan fingerprint density at radius 3 is 2.27 bits per heavy atom. The Kier molecular flexibility index (Phi) is 7.36. The summed E-state index contributed by atoms with van der Waals surface area (Å²) in [4.78, 5) is 31.9. The number of carbonyl (C=O) groups is 2. The molecule has 0 bridgehead atoms. The molecular weight excluding hydrogens is 455 g/mol. The highest BCUT2D eigenvalue weighted by atomic mass is 32.1. The fourth-order valence-corrected chi connectivity index (χ4v) is 4.97. The Balaban J connectivity index is 1.63. The van der Waals surface area contributed by atoms with Crippen LogP contribution in [-0.4, -0.2) is 41.6 Å². The van der Waals surface area contributed by atoms with Crippen LogP contribution < -0.4 is 5.32 Å². The molecule has 1 aromatic carbocycles. The number of urea groups is 1. The second kappa shape index (κ2) is 9.70. The Bertz CT molecular complexity index is 989. The van der Waals surface area contributed by atoms with Crippen molar-refractivity contribution < 1.29 is 27.5 Å². The van der Waals surface area contributed by atoms with E-state index in [1.54, 1.807) is 11.8 Å². The summed E-state index contributed by atoms with van der Waals surface area (Å²) in [6.45, 7) is 9.03. The maximum Gasteiger partial charge on any atom is 0.416 e. The van der Waals surface area contributed by atoms with E-state index in [0.717, 1.165) is 22.8 Å². The summed E-state index contributed by atoms with van der Waals surface area (Å²) in [5.74, 6) is -0.242. The smallest absolute Gasteiger partial charge is 0.416 e. The van der Waals surface area contributed by atoms with Crippen LogP contribution in [0, 0.1) is 0 Å². The first-order valence-corrected chi connectivity index (χ1v) is 11.6. The highest BCUT2D eigenvalue weighted by Gasteiger charge is 2.33. The fraction of sp³-hybridized carbons (Fsp3) is 0.522. The zero-order chi connectivity index (χ0) is 24.4. The van der Waals surface area contributed by atoms with Crippen molar-refractivity contribution in [2.24, 2.45) is 0 Å². The van der Waals surface area contributed by atoms with Gasteiger partial charge in [0.2, 0.25) is 0 Å². The molecule has 1 fully saturated rings. The molecule has 10 heteroatoms. The number of hydrogen-bond acceptors (Lipinski definition) is 5. The number of carbonyl (C=O) groups excluding carboxylic acids is 2. The van der Waals surface area contributed by atoms with Crippen LogP contribution >= 0.6 is 11.3 Å².